The monoisotopic (exact) mass is 329 g/mol. The second-order valence-corrected chi connectivity index (χ2v) is 6.61. The number of hydrogen-bond donors (Lipinski definition) is 4. The molecule has 0 spiro atoms. The molecule has 0 saturated carbocycles. The van der Waals surface area contributed by atoms with Crippen molar-refractivity contribution >= 4 is 31.0 Å². The van der Waals surface area contributed by atoms with Crippen molar-refractivity contribution in [2.75, 3.05) is 12.3 Å². The number of H-pyrrole nitrogens is 1. The Morgan fingerprint density at radius 3 is 3.09 bits per heavy atom. The first kappa shape index (κ1) is 15.2. The topological polar surface area (TPSA) is 149 Å². The molecule has 0 unspecified atom stereocenters. The molecule has 0 radical (unpaired) electrons. The van der Waals surface area contributed by atoms with Crippen LogP contribution in [0.2, 0.25) is 0 Å². The van der Waals surface area contributed by atoms with Crippen LogP contribution in [-0.4, -0.2) is 48.3 Å². The summed E-state index contributed by atoms with van der Waals surface area (Å²) < 4.78 is 12.3. The number of ether oxygens (including phenoxy) is 1. The van der Waals surface area contributed by atoms with E-state index in [2.05, 4.69) is 21.3 Å². The highest BCUT2D eigenvalue weighted by molar-refractivity contribution is 7.57. The highest BCUT2D eigenvalue weighted by Gasteiger charge is 2.29. The molecule has 10 nitrogen and oxygen atoms in total. The first-order valence-corrected chi connectivity index (χ1v) is 8.34. The molecule has 0 aliphatic carbocycles. The van der Waals surface area contributed by atoms with E-state index in [0.29, 0.717) is 18.5 Å². The van der Waals surface area contributed by atoms with Gasteiger partial charge < -0.3 is 24.8 Å². The van der Waals surface area contributed by atoms with Crippen molar-refractivity contribution < 1.29 is 19.0 Å². The van der Waals surface area contributed by atoms with Crippen molar-refractivity contribution in [3.05, 3.63) is 16.7 Å². The van der Waals surface area contributed by atoms with Gasteiger partial charge in [-0.2, -0.15) is 4.98 Å². The molecule has 0 bridgehead atoms. The Kier molecular flexibility index (Phi) is 3.79. The van der Waals surface area contributed by atoms with E-state index in [0.717, 1.165) is 0 Å². The fourth-order valence-electron chi connectivity index (χ4n) is 2.37. The first-order valence-electron chi connectivity index (χ1n) is 6.55. The molecule has 1 saturated heterocycles. The summed E-state index contributed by atoms with van der Waals surface area (Å²) in [5.41, 5.74) is 5.67. The van der Waals surface area contributed by atoms with Gasteiger partial charge in [0.15, 0.2) is 11.2 Å². The third-order valence-corrected chi connectivity index (χ3v) is 3.88. The Morgan fingerprint density at radius 1 is 1.59 bits per heavy atom. The van der Waals surface area contributed by atoms with Crippen LogP contribution in [0.1, 0.15) is 19.1 Å². The van der Waals surface area contributed by atoms with E-state index in [4.69, 9.17) is 24.8 Å². The average molecular weight is 329 g/mol. The highest BCUT2D eigenvalue weighted by atomic mass is 31.2. The molecule has 2 aromatic rings. The lowest BCUT2D eigenvalue weighted by molar-refractivity contribution is -0.0179. The Morgan fingerprint density at radius 2 is 2.36 bits per heavy atom. The van der Waals surface area contributed by atoms with Gasteiger partial charge in [-0.1, -0.05) is 0 Å². The number of fused-ring (bicyclic) bond motifs is 1. The number of aromatic amines is 1. The van der Waals surface area contributed by atoms with Crippen molar-refractivity contribution in [1.29, 1.82) is 0 Å². The van der Waals surface area contributed by atoms with E-state index < -0.39 is 13.1 Å². The zero-order valence-electron chi connectivity index (χ0n) is 11.5. The van der Waals surface area contributed by atoms with E-state index in [1.54, 1.807) is 4.57 Å². The van der Waals surface area contributed by atoms with Gasteiger partial charge in [0, 0.05) is 0 Å². The molecule has 3 rings (SSSR count). The molecule has 11 heteroatoms. The van der Waals surface area contributed by atoms with Gasteiger partial charge in [0.05, 0.1) is 19.0 Å². The zero-order chi connectivity index (χ0) is 15.9. The van der Waals surface area contributed by atoms with Crippen LogP contribution in [0.3, 0.4) is 0 Å². The van der Waals surface area contributed by atoms with Gasteiger partial charge in [-0.05, 0) is 19.1 Å². The number of rotatable bonds is 4. The van der Waals surface area contributed by atoms with E-state index in [-0.39, 0.29) is 30.4 Å². The van der Waals surface area contributed by atoms with Crippen LogP contribution in [0.15, 0.2) is 11.1 Å². The van der Waals surface area contributed by atoms with Crippen molar-refractivity contribution in [1.82, 2.24) is 19.5 Å². The standard InChI is InChI=1S/C11H16N5O5P/c1-22(18,19)20-4-6-2-3-7(21-6)16-5-13-8-9(16)14-11(12)15-10(8)17/h5-7,18-19H,1-4H2,(H3,12,14,15,17)/t6-,7+/m0/s1. The number of nitrogen functional groups attached to an aromatic ring is 1. The predicted molar refractivity (Wildman–Crippen MR) is 80.1 cm³/mol. The summed E-state index contributed by atoms with van der Waals surface area (Å²) in [6.07, 6.45) is 5.22. The van der Waals surface area contributed by atoms with Crippen LogP contribution in [0.4, 0.5) is 5.95 Å². The van der Waals surface area contributed by atoms with E-state index in [1.165, 1.54) is 6.33 Å². The molecule has 120 valence electrons. The molecule has 1 fully saturated rings. The fourth-order valence-corrected chi connectivity index (χ4v) is 2.78. The quantitative estimate of drug-likeness (QED) is 0.552. The zero-order valence-corrected chi connectivity index (χ0v) is 12.4. The smallest absolute Gasteiger partial charge is 0.280 e. The summed E-state index contributed by atoms with van der Waals surface area (Å²) in [5, 5.41) is 0. The number of aromatic nitrogens is 4. The minimum absolute atomic E-state index is 0.00401. The largest absolute Gasteiger partial charge is 0.369 e. The lowest BCUT2D eigenvalue weighted by atomic mass is 10.2. The van der Waals surface area contributed by atoms with Crippen LogP contribution >= 0.6 is 7.57 Å². The Balaban J connectivity index is 1.79. The molecular weight excluding hydrogens is 313 g/mol. The van der Waals surface area contributed by atoms with Gasteiger partial charge in [-0.15, -0.1) is 0 Å². The van der Waals surface area contributed by atoms with Gasteiger partial charge in [0.25, 0.3) is 5.56 Å². The van der Waals surface area contributed by atoms with Crippen LogP contribution in [0.5, 0.6) is 0 Å². The maximum absolute atomic E-state index is 11.7. The lowest BCUT2D eigenvalue weighted by Crippen LogP contribution is -2.17. The van der Waals surface area contributed by atoms with Crippen LogP contribution < -0.4 is 11.3 Å². The molecule has 2 aromatic heterocycles. The minimum atomic E-state index is -3.52. The Bertz CT molecular complexity index is 796. The van der Waals surface area contributed by atoms with Gasteiger partial charge in [0.1, 0.15) is 6.23 Å². The third-order valence-electron chi connectivity index (χ3n) is 3.31. The number of hydrogen-bond acceptors (Lipinski definition) is 8. The number of nitrogens with one attached hydrogen (secondary N) is 1. The summed E-state index contributed by atoms with van der Waals surface area (Å²) in [4.78, 5) is 40.5. The summed E-state index contributed by atoms with van der Waals surface area (Å²) in [6, 6.07) is 0. The van der Waals surface area contributed by atoms with Crippen molar-refractivity contribution in [2.24, 2.45) is 0 Å². The molecular formula is C11H16N5O5P. The van der Waals surface area contributed by atoms with Crippen molar-refractivity contribution in [3.8, 4) is 0 Å². The second kappa shape index (κ2) is 5.49. The Hall–Kier alpha value is -1.71. The maximum Gasteiger partial charge on any atom is 0.280 e. The molecule has 1 aliphatic heterocycles. The fraction of sp³-hybridized carbons (Fsp3) is 0.455. The highest BCUT2D eigenvalue weighted by Crippen LogP contribution is 2.37. The molecule has 3 heterocycles. The van der Waals surface area contributed by atoms with Gasteiger partial charge >= 0.3 is 0 Å². The van der Waals surface area contributed by atoms with Gasteiger partial charge in [-0.25, -0.2) is 4.98 Å². The lowest BCUT2D eigenvalue weighted by Gasteiger charge is -2.17. The second-order valence-electron chi connectivity index (χ2n) is 5.03. The van der Waals surface area contributed by atoms with Crippen LogP contribution in [0.25, 0.3) is 11.2 Å². The normalized spacial score (nSPS) is 22.5. The number of imidazole rings is 1. The van der Waals surface area contributed by atoms with Gasteiger partial charge in [-0.3, -0.25) is 14.3 Å². The molecule has 22 heavy (non-hydrogen) atoms. The summed E-state index contributed by atoms with van der Waals surface area (Å²) >= 11 is 0. The molecule has 2 atom stereocenters. The van der Waals surface area contributed by atoms with Crippen molar-refractivity contribution in [2.45, 2.75) is 25.2 Å². The maximum atomic E-state index is 11.7. The summed E-state index contributed by atoms with van der Waals surface area (Å²) in [7, 11) is -3.52. The molecule has 5 N–H and O–H groups in total. The van der Waals surface area contributed by atoms with E-state index in [1.807, 2.05) is 0 Å². The minimum Gasteiger partial charge on any atom is -0.369 e. The molecule has 0 amide bonds. The Labute approximate surface area is 124 Å². The molecule has 0 aromatic carbocycles. The van der Waals surface area contributed by atoms with E-state index in [9.17, 15) is 4.79 Å². The van der Waals surface area contributed by atoms with E-state index >= 15 is 0 Å². The number of anilines is 1. The third kappa shape index (κ3) is 3.06. The number of nitrogens with two attached hydrogens (primary N) is 1. The SMILES string of the molecule is C=P(O)(O)OC[C@@H]1CC[C@H](n2cnc3c(=O)[nH]c(N)nc32)O1. The van der Waals surface area contributed by atoms with Gasteiger partial charge in [0.2, 0.25) is 13.5 Å². The summed E-state index contributed by atoms with van der Waals surface area (Å²) in [6.45, 7) is 0.0313. The van der Waals surface area contributed by atoms with Crippen LogP contribution in [0, 0.1) is 0 Å². The predicted octanol–water partition coefficient (Wildman–Crippen LogP) is -0.425. The van der Waals surface area contributed by atoms with Crippen molar-refractivity contribution in [3.63, 3.8) is 0 Å². The first-order chi connectivity index (χ1) is 10.3. The summed E-state index contributed by atoms with van der Waals surface area (Å²) in [5.74, 6) is 0.00401. The average Bonchev–Trinajstić information content (AvgIpc) is 3.01. The van der Waals surface area contributed by atoms with Crippen LogP contribution in [-0.2, 0) is 9.26 Å². The molecule has 1 aliphatic rings. The number of nitrogens with zero attached hydrogens (tertiary/aromatic N) is 3.